The van der Waals surface area contributed by atoms with Crippen molar-refractivity contribution in [1.82, 2.24) is 20.2 Å². The molecule has 2 fully saturated rings. The average molecular weight is 515 g/mol. The summed E-state index contributed by atoms with van der Waals surface area (Å²) >= 11 is 3.28. The topological polar surface area (TPSA) is 99.7 Å². The second-order valence-corrected chi connectivity index (χ2v) is 9.31. The molecule has 2 aliphatic heterocycles. The van der Waals surface area contributed by atoms with Crippen LogP contribution in [-0.2, 0) is 22.6 Å². The van der Waals surface area contributed by atoms with Crippen LogP contribution in [0.3, 0.4) is 0 Å². The number of hydrogen-bond donors (Lipinski definition) is 2. The predicted molar refractivity (Wildman–Crippen MR) is 128 cm³/mol. The maximum absolute atomic E-state index is 12.4. The molecule has 10 heteroatoms. The Morgan fingerprint density at radius 1 is 1.18 bits per heavy atom. The highest BCUT2D eigenvalue weighted by molar-refractivity contribution is 9.09. The van der Waals surface area contributed by atoms with Gasteiger partial charge in [-0.2, -0.15) is 0 Å². The average Bonchev–Trinajstić information content (AvgIpc) is 3.52. The van der Waals surface area contributed by atoms with Crippen molar-refractivity contribution in [3.8, 4) is 11.3 Å². The van der Waals surface area contributed by atoms with Gasteiger partial charge in [-0.05, 0) is 31.9 Å². The van der Waals surface area contributed by atoms with Gasteiger partial charge in [-0.1, -0.05) is 28.1 Å². The standard InChI is InChI=1S/C23H27BrN6O3/c1-14-13-33-9-8-30(14)22-27-19-12-29(20(31)10-24)11-18(19)21(28-22)15-2-4-16(5-3-15)25-23(32)26-17-6-7-17/h2-5,14,17H,6-13H2,1H3,(H2,25,26,32)/t14-/m0/s1. The summed E-state index contributed by atoms with van der Waals surface area (Å²) in [4.78, 5) is 38.2. The lowest BCUT2D eigenvalue weighted by atomic mass is 10.1. The Morgan fingerprint density at radius 2 is 1.97 bits per heavy atom. The molecule has 1 atom stereocenters. The number of alkyl halides is 1. The summed E-state index contributed by atoms with van der Waals surface area (Å²) in [7, 11) is 0. The van der Waals surface area contributed by atoms with Gasteiger partial charge in [0.25, 0.3) is 0 Å². The zero-order valence-electron chi connectivity index (χ0n) is 18.5. The number of urea groups is 1. The monoisotopic (exact) mass is 514 g/mol. The molecule has 1 aromatic heterocycles. The lowest BCUT2D eigenvalue weighted by molar-refractivity contribution is -0.128. The summed E-state index contributed by atoms with van der Waals surface area (Å²) in [6.07, 6.45) is 2.09. The van der Waals surface area contributed by atoms with Crippen molar-refractivity contribution in [2.24, 2.45) is 0 Å². The predicted octanol–water partition coefficient (Wildman–Crippen LogP) is 2.89. The number of fused-ring (bicyclic) bond motifs is 1. The van der Waals surface area contributed by atoms with Gasteiger partial charge in [-0.25, -0.2) is 14.8 Å². The fraction of sp³-hybridized carbons (Fsp3) is 0.478. The maximum Gasteiger partial charge on any atom is 0.319 e. The van der Waals surface area contributed by atoms with Gasteiger partial charge in [0.05, 0.1) is 49.1 Å². The number of carbonyl (C=O) groups is 2. The van der Waals surface area contributed by atoms with E-state index in [2.05, 4.69) is 38.4 Å². The van der Waals surface area contributed by atoms with Crippen molar-refractivity contribution in [2.75, 3.05) is 35.3 Å². The van der Waals surface area contributed by atoms with Crippen LogP contribution in [0.15, 0.2) is 24.3 Å². The molecule has 2 aromatic rings. The first-order valence-corrected chi connectivity index (χ1v) is 12.4. The number of halogens is 1. The highest BCUT2D eigenvalue weighted by atomic mass is 79.9. The molecule has 9 nitrogen and oxygen atoms in total. The molecule has 5 rings (SSSR count). The first-order chi connectivity index (χ1) is 16.0. The van der Waals surface area contributed by atoms with E-state index in [1.54, 1.807) is 4.90 Å². The SMILES string of the molecule is C[C@H]1COCCN1c1nc2c(c(-c3ccc(NC(=O)NC4CC4)cc3)n1)CN(C(=O)CBr)C2. The minimum absolute atomic E-state index is 0.0291. The van der Waals surface area contributed by atoms with Crippen molar-refractivity contribution >= 4 is 39.5 Å². The lowest BCUT2D eigenvalue weighted by Crippen LogP contribution is -2.44. The number of aromatic nitrogens is 2. The molecule has 1 aliphatic carbocycles. The minimum atomic E-state index is -0.180. The molecule has 2 N–H and O–H groups in total. The molecule has 174 valence electrons. The molecular formula is C23H27BrN6O3. The van der Waals surface area contributed by atoms with E-state index in [9.17, 15) is 9.59 Å². The molecule has 0 unspecified atom stereocenters. The van der Waals surface area contributed by atoms with Crippen LogP contribution in [0.25, 0.3) is 11.3 Å². The van der Waals surface area contributed by atoms with Gasteiger partial charge in [0.15, 0.2) is 0 Å². The van der Waals surface area contributed by atoms with Crippen molar-refractivity contribution in [2.45, 2.75) is 44.9 Å². The van der Waals surface area contributed by atoms with Crippen LogP contribution in [0.1, 0.15) is 31.0 Å². The molecular weight excluding hydrogens is 488 g/mol. The number of benzene rings is 1. The van der Waals surface area contributed by atoms with Gasteiger partial charge in [-0.3, -0.25) is 4.79 Å². The van der Waals surface area contributed by atoms with E-state index in [-0.39, 0.29) is 23.3 Å². The number of carbonyl (C=O) groups excluding carboxylic acids is 2. The molecule has 0 radical (unpaired) electrons. The molecule has 3 heterocycles. The highest BCUT2D eigenvalue weighted by Gasteiger charge is 2.31. The largest absolute Gasteiger partial charge is 0.377 e. The Labute approximate surface area is 201 Å². The summed E-state index contributed by atoms with van der Waals surface area (Å²) < 4.78 is 5.58. The van der Waals surface area contributed by atoms with Crippen LogP contribution in [0.4, 0.5) is 16.4 Å². The van der Waals surface area contributed by atoms with Crippen molar-refractivity contribution in [3.63, 3.8) is 0 Å². The van der Waals surface area contributed by atoms with Gasteiger partial charge in [-0.15, -0.1) is 0 Å². The van der Waals surface area contributed by atoms with Crippen molar-refractivity contribution in [1.29, 1.82) is 0 Å². The Hall–Kier alpha value is -2.72. The minimum Gasteiger partial charge on any atom is -0.377 e. The Morgan fingerprint density at radius 3 is 2.67 bits per heavy atom. The maximum atomic E-state index is 12.4. The Bertz CT molecular complexity index is 1060. The quantitative estimate of drug-likeness (QED) is 0.595. The van der Waals surface area contributed by atoms with Gasteiger partial charge in [0.2, 0.25) is 11.9 Å². The van der Waals surface area contributed by atoms with Crippen LogP contribution in [0, 0.1) is 0 Å². The third-order valence-electron chi connectivity index (χ3n) is 6.19. The first-order valence-electron chi connectivity index (χ1n) is 11.3. The fourth-order valence-corrected chi connectivity index (χ4v) is 4.54. The van der Waals surface area contributed by atoms with E-state index in [4.69, 9.17) is 14.7 Å². The van der Waals surface area contributed by atoms with E-state index in [0.29, 0.717) is 38.3 Å². The Kier molecular flexibility index (Phi) is 6.20. The lowest BCUT2D eigenvalue weighted by Gasteiger charge is -2.33. The molecule has 33 heavy (non-hydrogen) atoms. The normalized spacial score (nSPS) is 19.9. The number of hydrogen-bond acceptors (Lipinski definition) is 6. The van der Waals surface area contributed by atoms with Crippen molar-refractivity contribution < 1.29 is 14.3 Å². The summed E-state index contributed by atoms with van der Waals surface area (Å²) in [5.41, 5.74) is 4.33. The molecule has 3 aliphatic rings. The van der Waals surface area contributed by atoms with Crippen LogP contribution < -0.4 is 15.5 Å². The van der Waals surface area contributed by atoms with Crippen LogP contribution >= 0.6 is 15.9 Å². The van der Waals surface area contributed by atoms with Crippen LogP contribution in [0.5, 0.6) is 0 Å². The molecule has 1 saturated carbocycles. The third kappa shape index (κ3) is 4.81. The Balaban J connectivity index is 1.45. The van der Waals surface area contributed by atoms with E-state index in [0.717, 1.165) is 47.6 Å². The summed E-state index contributed by atoms with van der Waals surface area (Å²) in [6.45, 7) is 5.05. The van der Waals surface area contributed by atoms with Gasteiger partial charge < -0.3 is 25.2 Å². The number of nitrogens with one attached hydrogen (secondary N) is 2. The van der Waals surface area contributed by atoms with Crippen LogP contribution in [-0.4, -0.2) is 64.0 Å². The summed E-state index contributed by atoms with van der Waals surface area (Å²) in [6, 6.07) is 7.96. The molecule has 0 bridgehead atoms. The van der Waals surface area contributed by atoms with E-state index >= 15 is 0 Å². The van der Waals surface area contributed by atoms with E-state index in [1.165, 1.54) is 0 Å². The number of rotatable bonds is 5. The summed E-state index contributed by atoms with van der Waals surface area (Å²) in [5.74, 6) is 0.695. The molecule has 0 spiro atoms. The molecule has 1 aromatic carbocycles. The van der Waals surface area contributed by atoms with Gasteiger partial charge in [0.1, 0.15) is 0 Å². The fourth-order valence-electron chi connectivity index (χ4n) is 4.19. The second-order valence-electron chi connectivity index (χ2n) is 8.75. The number of morpholine rings is 1. The van der Waals surface area contributed by atoms with Gasteiger partial charge in [0, 0.05) is 29.4 Å². The zero-order valence-corrected chi connectivity index (χ0v) is 20.1. The van der Waals surface area contributed by atoms with Gasteiger partial charge >= 0.3 is 6.03 Å². The number of ether oxygens (including phenoxy) is 1. The number of amides is 3. The smallest absolute Gasteiger partial charge is 0.319 e. The van der Waals surface area contributed by atoms with Crippen LogP contribution in [0.2, 0.25) is 0 Å². The molecule has 1 saturated heterocycles. The summed E-state index contributed by atoms with van der Waals surface area (Å²) in [5, 5.41) is 6.08. The van der Waals surface area contributed by atoms with E-state index in [1.807, 2.05) is 24.3 Å². The van der Waals surface area contributed by atoms with E-state index < -0.39 is 0 Å². The first kappa shape index (κ1) is 22.1. The number of nitrogens with zero attached hydrogens (tertiary/aromatic N) is 4. The third-order valence-corrected chi connectivity index (χ3v) is 6.67. The number of anilines is 2. The van der Waals surface area contributed by atoms with Crippen molar-refractivity contribution in [3.05, 3.63) is 35.5 Å². The highest BCUT2D eigenvalue weighted by Crippen LogP contribution is 2.33. The molecule has 3 amide bonds. The zero-order chi connectivity index (χ0) is 22.9. The second kappa shape index (κ2) is 9.26.